The number of nitrogen functional groups attached to an aromatic ring is 1. The zero-order chi connectivity index (χ0) is 12.3. The Morgan fingerprint density at radius 3 is 3.00 bits per heavy atom. The number of hydrogen-bond donors (Lipinski definition) is 2. The van der Waals surface area contributed by atoms with E-state index in [1.165, 1.54) is 6.42 Å². The summed E-state index contributed by atoms with van der Waals surface area (Å²) in [5.74, 6) is 1.96. The van der Waals surface area contributed by atoms with Gasteiger partial charge in [-0.1, -0.05) is 13.0 Å². The van der Waals surface area contributed by atoms with Crippen LogP contribution in [0.2, 0.25) is 0 Å². The molecule has 1 fully saturated rings. The van der Waals surface area contributed by atoms with Crippen LogP contribution in [-0.4, -0.2) is 19.1 Å². The molecule has 2 atom stereocenters. The number of carbonyl (C=O) groups excluding carboxylic acids is 1. The molecule has 1 aromatic carbocycles. The lowest BCUT2D eigenvalue weighted by molar-refractivity contribution is -0.123. The molecule has 17 heavy (non-hydrogen) atoms. The van der Waals surface area contributed by atoms with Gasteiger partial charge in [-0.15, -0.1) is 0 Å². The van der Waals surface area contributed by atoms with Crippen molar-refractivity contribution in [2.24, 2.45) is 11.8 Å². The zero-order valence-corrected chi connectivity index (χ0v) is 9.98. The SMILES string of the molecule is CC1CC1CNC(=O)COc1cccc(N)c1. The molecule has 0 aliphatic heterocycles. The first kappa shape index (κ1) is 11.8. The van der Waals surface area contributed by atoms with E-state index < -0.39 is 0 Å². The van der Waals surface area contributed by atoms with Gasteiger partial charge in [0.05, 0.1) is 0 Å². The van der Waals surface area contributed by atoms with Gasteiger partial charge in [-0.05, 0) is 30.4 Å². The first-order valence-corrected chi connectivity index (χ1v) is 5.90. The fraction of sp³-hybridized carbons (Fsp3) is 0.462. The second kappa shape index (κ2) is 5.08. The summed E-state index contributed by atoms with van der Waals surface area (Å²) in [4.78, 5) is 11.5. The number of amides is 1. The number of ether oxygens (including phenoxy) is 1. The summed E-state index contributed by atoms with van der Waals surface area (Å²) in [6.45, 7) is 3.00. The van der Waals surface area contributed by atoms with Crippen molar-refractivity contribution in [2.75, 3.05) is 18.9 Å². The maximum Gasteiger partial charge on any atom is 0.257 e. The summed E-state index contributed by atoms with van der Waals surface area (Å²) < 4.78 is 5.34. The van der Waals surface area contributed by atoms with Crippen LogP contribution >= 0.6 is 0 Å². The van der Waals surface area contributed by atoms with Crippen molar-refractivity contribution < 1.29 is 9.53 Å². The number of carbonyl (C=O) groups is 1. The predicted molar refractivity (Wildman–Crippen MR) is 66.6 cm³/mol. The van der Waals surface area contributed by atoms with Crippen molar-refractivity contribution >= 4 is 11.6 Å². The van der Waals surface area contributed by atoms with E-state index in [2.05, 4.69) is 12.2 Å². The standard InChI is InChI=1S/C13H18N2O2/c1-9-5-10(9)7-15-13(16)8-17-12-4-2-3-11(14)6-12/h2-4,6,9-10H,5,7-8,14H2,1H3,(H,15,16). The van der Waals surface area contributed by atoms with Crippen LogP contribution < -0.4 is 15.8 Å². The van der Waals surface area contributed by atoms with Gasteiger partial charge >= 0.3 is 0 Å². The van der Waals surface area contributed by atoms with Crippen LogP contribution in [0, 0.1) is 11.8 Å². The summed E-state index contributed by atoms with van der Waals surface area (Å²) in [5.41, 5.74) is 6.24. The number of rotatable bonds is 5. The van der Waals surface area contributed by atoms with Gasteiger partial charge in [0, 0.05) is 18.3 Å². The van der Waals surface area contributed by atoms with Crippen LogP contribution in [0.15, 0.2) is 24.3 Å². The highest BCUT2D eigenvalue weighted by atomic mass is 16.5. The maximum atomic E-state index is 11.5. The van der Waals surface area contributed by atoms with E-state index in [1.54, 1.807) is 24.3 Å². The van der Waals surface area contributed by atoms with E-state index in [-0.39, 0.29) is 12.5 Å². The largest absolute Gasteiger partial charge is 0.484 e. The minimum Gasteiger partial charge on any atom is -0.484 e. The fourth-order valence-corrected chi connectivity index (χ4v) is 1.73. The van der Waals surface area contributed by atoms with Crippen molar-refractivity contribution in [3.63, 3.8) is 0 Å². The second-order valence-corrected chi connectivity index (χ2v) is 4.64. The molecule has 0 bridgehead atoms. The third-order valence-electron chi connectivity index (χ3n) is 3.07. The Morgan fingerprint density at radius 2 is 2.35 bits per heavy atom. The van der Waals surface area contributed by atoms with Gasteiger partial charge < -0.3 is 15.8 Å². The van der Waals surface area contributed by atoms with E-state index in [0.717, 1.165) is 12.5 Å². The van der Waals surface area contributed by atoms with Gasteiger partial charge in [0.15, 0.2) is 6.61 Å². The predicted octanol–water partition coefficient (Wildman–Crippen LogP) is 1.42. The number of nitrogens with one attached hydrogen (secondary N) is 1. The Hall–Kier alpha value is -1.71. The molecule has 2 rings (SSSR count). The topological polar surface area (TPSA) is 64.3 Å². The minimum absolute atomic E-state index is 0.0462. The van der Waals surface area contributed by atoms with Gasteiger partial charge in [-0.25, -0.2) is 0 Å². The zero-order valence-electron chi connectivity index (χ0n) is 9.98. The van der Waals surface area contributed by atoms with Crippen LogP contribution in [0.1, 0.15) is 13.3 Å². The van der Waals surface area contributed by atoms with E-state index >= 15 is 0 Å². The highest BCUT2D eigenvalue weighted by Gasteiger charge is 2.32. The number of hydrogen-bond acceptors (Lipinski definition) is 3. The molecule has 0 spiro atoms. The molecule has 1 amide bonds. The molecule has 3 N–H and O–H groups in total. The molecule has 4 heteroatoms. The molecule has 1 aromatic rings. The Labute approximate surface area is 101 Å². The molecule has 1 aliphatic carbocycles. The lowest BCUT2D eigenvalue weighted by Crippen LogP contribution is -2.30. The first-order valence-electron chi connectivity index (χ1n) is 5.90. The van der Waals surface area contributed by atoms with Crippen molar-refractivity contribution in [3.8, 4) is 5.75 Å². The summed E-state index contributed by atoms with van der Waals surface area (Å²) in [5, 5.41) is 2.86. The van der Waals surface area contributed by atoms with E-state index in [1.807, 2.05) is 0 Å². The molecule has 4 nitrogen and oxygen atoms in total. The van der Waals surface area contributed by atoms with E-state index in [4.69, 9.17) is 10.5 Å². The number of nitrogens with two attached hydrogens (primary N) is 1. The molecular formula is C13H18N2O2. The van der Waals surface area contributed by atoms with E-state index in [9.17, 15) is 4.79 Å². The molecular weight excluding hydrogens is 216 g/mol. The van der Waals surface area contributed by atoms with Crippen molar-refractivity contribution in [1.82, 2.24) is 5.32 Å². The molecule has 0 radical (unpaired) electrons. The Kier molecular flexibility index (Phi) is 3.52. The fourth-order valence-electron chi connectivity index (χ4n) is 1.73. The van der Waals surface area contributed by atoms with Crippen LogP contribution in [0.25, 0.3) is 0 Å². The smallest absolute Gasteiger partial charge is 0.257 e. The molecule has 2 unspecified atom stereocenters. The van der Waals surface area contributed by atoms with Crippen molar-refractivity contribution in [1.29, 1.82) is 0 Å². The monoisotopic (exact) mass is 234 g/mol. The maximum absolute atomic E-state index is 11.5. The average molecular weight is 234 g/mol. The molecule has 0 heterocycles. The third-order valence-corrected chi connectivity index (χ3v) is 3.07. The van der Waals surface area contributed by atoms with Gasteiger partial charge in [-0.2, -0.15) is 0 Å². The van der Waals surface area contributed by atoms with Crippen LogP contribution in [0.3, 0.4) is 0 Å². The molecule has 1 saturated carbocycles. The van der Waals surface area contributed by atoms with Crippen LogP contribution in [0.4, 0.5) is 5.69 Å². The molecule has 0 saturated heterocycles. The van der Waals surface area contributed by atoms with Gasteiger partial charge in [0.1, 0.15) is 5.75 Å². The molecule has 92 valence electrons. The number of anilines is 1. The van der Waals surface area contributed by atoms with Crippen molar-refractivity contribution in [2.45, 2.75) is 13.3 Å². The van der Waals surface area contributed by atoms with Crippen LogP contribution in [-0.2, 0) is 4.79 Å². The highest BCUT2D eigenvalue weighted by molar-refractivity contribution is 5.77. The summed E-state index contributed by atoms with van der Waals surface area (Å²) in [6, 6.07) is 7.07. The first-order chi connectivity index (χ1) is 8.15. The van der Waals surface area contributed by atoms with Gasteiger partial charge in [0.2, 0.25) is 0 Å². The van der Waals surface area contributed by atoms with Crippen molar-refractivity contribution in [3.05, 3.63) is 24.3 Å². The highest BCUT2D eigenvalue weighted by Crippen LogP contribution is 2.36. The van der Waals surface area contributed by atoms with Gasteiger partial charge in [-0.3, -0.25) is 4.79 Å². The lowest BCUT2D eigenvalue weighted by Gasteiger charge is -2.07. The molecule has 0 aromatic heterocycles. The minimum atomic E-state index is -0.0773. The Morgan fingerprint density at radius 1 is 1.59 bits per heavy atom. The quantitative estimate of drug-likeness (QED) is 0.757. The summed E-state index contributed by atoms with van der Waals surface area (Å²) in [6.07, 6.45) is 1.22. The normalized spacial score (nSPS) is 21.9. The number of benzene rings is 1. The summed E-state index contributed by atoms with van der Waals surface area (Å²) >= 11 is 0. The molecule has 1 aliphatic rings. The third kappa shape index (κ3) is 3.66. The second-order valence-electron chi connectivity index (χ2n) is 4.64. The summed E-state index contributed by atoms with van der Waals surface area (Å²) in [7, 11) is 0. The van der Waals surface area contributed by atoms with E-state index in [0.29, 0.717) is 17.4 Å². The van der Waals surface area contributed by atoms with Crippen LogP contribution in [0.5, 0.6) is 5.75 Å². The lowest BCUT2D eigenvalue weighted by atomic mass is 10.3. The van der Waals surface area contributed by atoms with Gasteiger partial charge in [0.25, 0.3) is 5.91 Å². The Balaban J connectivity index is 1.68. The average Bonchev–Trinajstić information content (AvgIpc) is 3.00. The Bertz CT molecular complexity index is 406.